The molecule has 0 saturated carbocycles. The van der Waals surface area contributed by atoms with Crippen molar-refractivity contribution < 1.29 is 0 Å². The summed E-state index contributed by atoms with van der Waals surface area (Å²) in [5, 5.41) is 9.37. The molecule has 0 aromatic carbocycles. The SMILES string of the molecule is CC(C)CC(C)N(C)Cc1nnc(N)s1. The summed E-state index contributed by atoms with van der Waals surface area (Å²) in [6, 6.07) is 0.565. The minimum atomic E-state index is 0.551. The molecule has 0 bridgehead atoms. The topological polar surface area (TPSA) is 55.0 Å². The molecule has 15 heavy (non-hydrogen) atoms. The van der Waals surface area contributed by atoms with Crippen molar-refractivity contribution in [3.8, 4) is 0 Å². The van der Waals surface area contributed by atoms with E-state index in [4.69, 9.17) is 5.73 Å². The second-order valence-corrected chi connectivity index (χ2v) is 5.52. The van der Waals surface area contributed by atoms with Crippen LogP contribution >= 0.6 is 11.3 Å². The van der Waals surface area contributed by atoms with Crippen LogP contribution in [0.4, 0.5) is 5.13 Å². The van der Waals surface area contributed by atoms with E-state index in [1.54, 1.807) is 0 Å². The molecular formula is C10H20N4S. The second kappa shape index (κ2) is 5.42. The van der Waals surface area contributed by atoms with Crippen LogP contribution in [0.15, 0.2) is 0 Å². The lowest BCUT2D eigenvalue weighted by atomic mass is 10.0. The third kappa shape index (κ3) is 4.13. The minimum Gasteiger partial charge on any atom is -0.374 e. The first kappa shape index (κ1) is 12.4. The van der Waals surface area contributed by atoms with E-state index in [-0.39, 0.29) is 0 Å². The number of nitrogens with zero attached hydrogens (tertiary/aromatic N) is 3. The van der Waals surface area contributed by atoms with Gasteiger partial charge in [-0.3, -0.25) is 4.90 Å². The Morgan fingerprint density at radius 1 is 1.33 bits per heavy atom. The highest BCUT2D eigenvalue weighted by molar-refractivity contribution is 7.15. The summed E-state index contributed by atoms with van der Waals surface area (Å²) in [6.45, 7) is 7.56. The molecule has 0 amide bonds. The van der Waals surface area contributed by atoms with Gasteiger partial charge in [-0.15, -0.1) is 10.2 Å². The van der Waals surface area contributed by atoms with Gasteiger partial charge >= 0.3 is 0 Å². The van der Waals surface area contributed by atoms with Crippen molar-refractivity contribution in [3.05, 3.63) is 5.01 Å². The molecule has 1 aromatic heterocycles. The molecule has 5 heteroatoms. The predicted octanol–water partition coefficient (Wildman–Crippen LogP) is 1.99. The molecule has 1 aromatic rings. The van der Waals surface area contributed by atoms with Gasteiger partial charge in [0.2, 0.25) is 5.13 Å². The van der Waals surface area contributed by atoms with Gasteiger partial charge in [-0.2, -0.15) is 0 Å². The van der Waals surface area contributed by atoms with Crippen LogP contribution in [0.3, 0.4) is 0 Å². The fourth-order valence-corrected chi connectivity index (χ4v) is 2.23. The number of aromatic nitrogens is 2. The van der Waals surface area contributed by atoms with E-state index < -0.39 is 0 Å². The monoisotopic (exact) mass is 228 g/mol. The molecule has 86 valence electrons. The maximum Gasteiger partial charge on any atom is 0.203 e. The van der Waals surface area contributed by atoms with E-state index in [0.717, 1.165) is 17.5 Å². The Bertz CT molecular complexity index is 297. The summed E-state index contributed by atoms with van der Waals surface area (Å²) < 4.78 is 0. The molecular weight excluding hydrogens is 208 g/mol. The lowest BCUT2D eigenvalue weighted by Gasteiger charge is -2.24. The Morgan fingerprint density at radius 2 is 2.00 bits per heavy atom. The molecule has 1 rings (SSSR count). The number of hydrogen-bond donors (Lipinski definition) is 1. The molecule has 1 heterocycles. The Morgan fingerprint density at radius 3 is 2.47 bits per heavy atom. The van der Waals surface area contributed by atoms with Crippen LogP contribution in [-0.4, -0.2) is 28.2 Å². The molecule has 2 N–H and O–H groups in total. The van der Waals surface area contributed by atoms with Gasteiger partial charge in [-0.25, -0.2) is 0 Å². The van der Waals surface area contributed by atoms with Crippen LogP contribution in [0.1, 0.15) is 32.2 Å². The van der Waals surface area contributed by atoms with Gasteiger partial charge in [0.25, 0.3) is 0 Å². The highest BCUT2D eigenvalue weighted by Crippen LogP contribution is 2.16. The molecule has 0 fully saturated rings. The average molecular weight is 228 g/mol. The highest BCUT2D eigenvalue weighted by atomic mass is 32.1. The standard InChI is InChI=1S/C10H20N4S/c1-7(2)5-8(3)14(4)6-9-12-13-10(11)15-9/h7-8H,5-6H2,1-4H3,(H2,11,13). The predicted molar refractivity (Wildman–Crippen MR) is 64.7 cm³/mol. The third-order valence-electron chi connectivity index (χ3n) is 2.43. The first-order valence-corrected chi connectivity index (χ1v) is 6.08. The molecule has 0 aliphatic carbocycles. The maximum atomic E-state index is 5.54. The lowest BCUT2D eigenvalue weighted by molar-refractivity contribution is 0.220. The van der Waals surface area contributed by atoms with Gasteiger partial charge in [0.05, 0.1) is 6.54 Å². The molecule has 1 atom stereocenters. The molecule has 4 nitrogen and oxygen atoms in total. The second-order valence-electron chi connectivity index (χ2n) is 4.43. The number of nitrogens with two attached hydrogens (primary N) is 1. The van der Waals surface area contributed by atoms with Crippen molar-refractivity contribution in [2.45, 2.75) is 39.8 Å². The largest absolute Gasteiger partial charge is 0.374 e. The van der Waals surface area contributed by atoms with Gasteiger partial charge in [0.15, 0.2) is 0 Å². The zero-order chi connectivity index (χ0) is 11.4. The van der Waals surface area contributed by atoms with Crippen LogP contribution in [0.5, 0.6) is 0 Å². The van der Waals surface area contributed by atoms with E-state index >= 15 is 0 Å². The van der Waals surface area contributed by atoms with Crippen LogP contribution in [0.25, 0.3) is 0 Å². The Kier molecular flexibility index (Phi) is 4.47. The fraction of sp³-hybridized carbons (Fsp3) is 0.800. The summed E-state index contributed by atoms with van der Waals surface area (Å²) in [7, 11) is 2.12. The molecule has 0 saturated heterocycles. The zero-order valence-corrected chi connectivity index (χ0v) is 10.7. The van der Waals surface area contributed by atoms with Gasteiger partial charge in [-0.05, 0) is 26.3 Å². The summed E-state index contributed by atoms with van der Waals surface area (Å²) >= 11 is 1.47. The molecule has 0 radical (unpaired) electrons. The minimum absolute atomic E-state index is 0.551. The number of hydrogen-bond acceptors (Lipinski definition) is 5. The van der Waals surface area contributed by atoms with E-state index in [9.17, 15) is 0 Å². The molecule has 1 unspecified atom stereocenters. The third-order valence-corrected chi connectivity index (χ3v) is 3.17. The highest BCUT2D eigenvalue weighted by Gasteiger charge is 2.13. The summed E-state index contributed by atoms with van der Waals surface area (Å²) in [5.74, 6) is 0.724. The van der Waals surface area contributed by atoms with Crippen molar-refractivity contribution in [1.29, 1.82) is 0 Å². The van der Waals surface area contributed by atoms with Gasteiger partial charge in [-0.1, -0.05) is 25.2 Å². The normalized spacial score (nSPS) is 13.7. The van der Waals surface area contributed by atoms with E-state index in [1.165, 1.54) is 17.8 Å². The van der Waals surface area contributed by atoms with Crippen molar-refractivity contribution in [3.63, 3.8) is 0 Å². The number of nitrogen functional groups attached to an aromatic ring is 1. The van der Waals surface area contributed by atoms with Gasteiger partial charge in [0, 0.05) is 6.04 Å². The smallest absolute Gasteiger partial charge is 0.203 e. The summed E-state index contributed by atoms with van der Waals surface area (Å²) in [5.41, 5.74) is 5.54. The van der Waals surface area contributed by atoms with Crippen LogP contribution in [-0.2, 0) is 6.54 Å². The van der Waals surface area contributed by atoms with Crippen molar-refractivity contribution >= 4 is 16.5 Å². The average Bonchev–Trinajstić information content (AvgIpc) is 2.50. The van der Waals surface area contributed by atoms with E-state index in [1.807, 2.05) is 0 Å². The summed E-state index contributed by atoms with van der Waals surface area (Å²) in [4.78, 5) is 2.29. The van der Waals surface area contributed by atoms with Crippen molar-refractivity contribution in [2.24, 2.45) is 5.92 Å². The Hall–Kier alpha value is -0.680. The first-order chi connectivity index (χ1) is 6.99. The van der Waals surface area contributed by atoms with Crippen LogP contribution in [0, 0.1) is 5.92 Å². The first-order valence-electron chi connectivity index (χ1n) is 5.27. The Balaban J connectivity index is 2.44. The number of rotatable bonds is 5. The maximum absolute atomic E-state index is 5.54. The number of anilines is 1. The summed E-state index contributed by atoms with van der Waals surface area (Å²) in [6.07, 6.45) is 1.20. The van der Waals surface area contributed by atoms with Gasteiger partial charge in [0.1, 0.15) is 5.01 Å². The Labute approximate surface area is 95.5 Å². The molecule has 0 aliphatic rings. The van der Waals surface area contributed by atoms with Crippen LogP contribution in [0.2, 0.25) is 0 Å². The molecule has 0 aliphatic heterocycles. The van der Waals surface area contributed by atoms with Crippen LogP contribution < -0.4 is 5.73 Å². The molecule has 0 spiro atoms. The van der Waals surface area contributed by atoms with Crippen molar-refractivity contribution in [1.82, 2.24) is 15.1 Å². The lowest BCUT2D eigenvalue weighted by Crippen LogP contribution is -2.29. The zero-order valence-electron chi connectivity index (χ0n) is 9.90. The quantitative estimate of drug-likeness (QED) is 0.837. The van der Waals surface area contributed by atoms with Gasteiger partial charge < -0.3 is 5.73 Å². The van der Waals surface area contributed by atoms with E-state index in [2.05, 4.69) is 42.9 Å². The van der Waals surface area contributed by atoms with E-state index in [0.29, 0.717) is 11.2 Å². The van der Waals surface area contributed by atoms with Crippen molar-refractivity contribution in [2.75, 3.05) is 12.8 Å². The fourth-order valence-electron chi connectivity index (χ4n) is 1.56.